The topological polar surface area (TPSA) is 78.9 Å². The molecule has 0 spiro atoms. The van der Waals surface area contributed by atoms with Gasteiger partial charge in [-0.05, 0) is 135 Å². The molecule has 0 amide bonds. The van der Waals surface area contributed by atoms with Crippen molar-refractivity contribution in [2.45, 2.75) is 147 Å². The van der Waals surface area contributed by atoms with Gasteiger partial charge in [-0.25, -0.2) is 0 Å². The van der Waals surface area contributed by atoms with Crippen LogP contribution in [-0.4, -0.2) is 37.2 Å². The highest BCUT2D eigenvalue weighted by Gasteiger charge is 2.59. The minimum atomic E-state index is -0.738. The van der Waals surface area contributed by atoms with Crippen molar-refractivity contribution in [2.75, 3.05) is 13.7 Å². The van der Waals surface area contributed by atoms with Crippen molar-refractivity contribution in [3.63, 3.8) is 0 Å². The highest BCUT2D eigenvalue weighted by molar-refractivity contribution is 5.80. The molecule has 1 heterocycles. The monoisotopic (exact) mass is 609 g/mol. The summed E-state index contributed by atoms with van der Waals surface area (Å²) in [6.45, 7) is 12.7. The molecule has 7 aliphatic rings. The molecule has 0 N–H and O–H groups in total. The van der Waals surface area contributed by atoms with Crippen LogP contribution in [0.2, 0.25) is 0 Å². The van der Waals surface area contributed by atoms with E-state index in [-0.39, 0.29) is 53.0 Å². The summed E-state index contributed by atoms with van der Waals surface area (Å²) in [7, 11) is 1.41. The van der Waals surface area contributed by atoms with Gasteiger partial charge in [-0.15, -0.1) is 0 Å². The maximum absolute atomic E-state index is 13.3. The van der Waals surface area contributed by atoms with Gasteiger partial charge in [0.2, 0.25) is 0 Å². The minimum Gasteiger partial charge on any atom is -0.469 e. The Morgan fingerprint density at radius 3 is 1.81 bits per heavy atom. The van der Waals surface area contributed by atoms with Crippen molar-refractivity contribution in [1.82, 2.24) is 0 Å². The van der Waals surface area contributed by atoms with E-state index in [0.29, 0.717) is 30.6 Å². The van der Waals surface area contributed by atoms with Crippen molar-refractivity contribution in [1.29, 1.82) is 0 Å². The molecule has 1 aliphatic heterocycles. The lowest BCUT2D eigenvalue weighted by molar-refractivity contribution is -0.207. The Morgan fingerprint density at radius 1 is 0.837 bits per heavy atom. The number of cyclic esters (lactones) is 1. The van der Waals surface area contributed by atoms with Gasteiger partial charge in [0.1, 0.15) is 5.60 Å². The summed E-state index contributed by atoms with van der Waals surface area (Å²) in [6.07, 6.45) is 12.7. The SMILES string of the molecule is C.C.C.C.CCC(C)(CC(C)(C)C(=O)OC(C)(C)C12CC3CC(CC(C3)C1)C2)C(=O)OC.O=C1OCC2C3CCC(C3)C12. The first kappa shape index (κ1) is 39.4. The van der Waals surface area contributed by atoms with Gasteiger partial charge in [0.25, 0.3) is 0 Å². The first-order chi connectivity index (χ1) is 18.2. The number of methoxy groups -OCH3 is 1. The first-order valence-electron chi connectivity index (χ1n) is 15.7. The van der Waals surface area contributed by atoms with Crippen LogP contribution in [0, 0.1) is 57.7 Å². The normalized spacial score (nSPS) is 35.7. The number of ether oxygens (including phenoxy) is 3. The summed E-state index contributed by atoms with van der Waals surface area (Å²) in [6, 6.07) is 0. The Kier molecular flexibility index (Phi) is 12.7. The molecule has 0 aromatic rings. The molecular formula is C37H68O6. The third kappa shape index (κ3) is 6.98. The molecule has 5 unspecified atom stereocenters. The van der Waals surface area contributed by atoms with Gasteiger partial charge < -0.3 is 14.2 Å². The lowest BCUT2D eigenvalue weighted by atomic mass is 9.46. The Labute approximate surface area is 265 Å². The van der Waals surface area contributed by atoms with Crippen LogP contribution < -0.4 is 0 Å². The van der Waals surface area contributed by atoms with Crippen LogP contribution in [-0.2, 0) is 28.6 Å². The molecule has 7 rings (SSSR count). The summed E-state index contributed by atoms with van der Waals surface area (Å²) >= 11 is 0. The number of fused-ring (bicyclic) bond motifs is 5. The van der Waals surface area contributed by atoms with E-state index < -0.39 is 16.4 Å². The molecule has 7 fully saturated rings. The van der Waals surface area contributed by atoms with E-state index in [1.54, 1.807) is 0 Å². The molecule has 6 heteroatoms. The van der Waals surface area contributed by atoms with Crippen molar-refractivity contribution < 1.29 is 28.6 Å². The van der Waals surface area contributed by atoms with Crippen LogP contribution in [0.25, 0.3) is 0 Å². The van der Waals surface area contributed by atoms with E-state index in [1.165, 1.54) is 64.9 Å². The molecule has 252 valence electrons. The van der Waals surface area contributed by atoms with Crippen molar-refractivity contribution in [2.24, 2.45) is 57.7 Å². The number of carbonyl (C=O) groups excluding carboxylic acids is 3. The number of hydrogen-bond donors (Lipinski definition) is 0. The van der Waals surface area contributed by atoms with E-state index in [4.69, 9.17) is 14.2 Å². The molecule has 6 aliphatic carbocycles. The zero-order valence-electron chi connectivity index (χ0n) is 25.5. The van der Waals surface area contributed by atoms with E-state index in [0.717, 1.165) is 30.3 Å². The van der Waals surface area contributed by atoms with Crippen LogP contribution in [0.1, 0.15) is 142 Å². The summed E-state index contributed by atoms with van der Waals surface area (Å²) in [5.74, 6) is 4.57. The van der Waals surface area contributed by atoms with Crippen molar-refractivity contribution >= 4 is 17.9 Å². The van der Waals surface area contributed by atoms with Gasteiger partial charge in [-0.3, -0.25) is 14.4 Å². The lowest BCUT2D eigenvalue weighted by Gasteiger charge is -2.61. The summed E-state index contributed by atoms with van der Waals surface area (Å²) in [5, 5.41) is 0. The standard InChI is InChI=1S/C24H40O4.C9H12O2.4CH4/c1-8-23(6,20(26)27-7)15-21(2,3)19(25)28-22(4,5)24-12-16-9-17(13-24)11-18(10-16)14-24;10-9-8-6-2-1-5(3-6)7(8)4-11-9;;;;/h16-18H,8-15H2,1-7H3;5-8H,1-4H2;4*1H4. The predicted molar refractivity (Wildman–Crippen MR) is 175 cm³/mol. The average molecular weight is 609 g/mol. The Balaban J connectivity index is 0.000000517. The quantitative estimate of drug-likeness (QED) is 0.212. The number of carbonyl (C=O) groups is 3. The second-order valence-corrected chi connectivity index (χ2v) is 15.7. The van der Waals surface area contributed by atoms with Gasteiger partial charge in [-0.2, -0.15) is 0 Å². The molecule has 1 saturated heterocycles. The van der Waals surface area contributed by atoms with Crippen LogP contribution in [0.15, 0.2) is 0 Å². The average Bonchev–Trinajstić information content (AvgIpc) is 3.58. The Morgan fingerprint density at radius 2 is 1.35 bits per heavy atom. The molecule has 6 saturated carbocycles. The highest BCUT2D eigenvalue weighted by Crippen LogP contribution is 2.64. The van der Waals surface area contributed by atoms with Gasteiger partial charge >= 0.3 is 17.9 Å². The predicted octanol–water partition coefficient (Wildman–Crippen LogP) is 9.28. The van der Waals surface area contributed by atoms with Gasteiger partial charge in [0, 0.05) is 11.3 Å². The number of esters is 3. The van der Waals surface area contributed by atoms with Gasteiger partial charge in [-0.1, -0.05) is 36.6 Å². The van der Waals surface area contributed by atoms with Gasteiger partial charge in [0.15, 0.2) is 0 Å². The largest absolute Gasteiger partial charge is 0.469 e. The van der Waals surface area contributed by atoms with E-state index >= 15 is 0 Å². The fourth-order valence-corrected chi connectivity index (χ4v) is 10.3. The minimum absolute atomic E-state index is 0. The maximum Gasteiger partial charge on any atom is 0.312 e. The summed E-state index contributed by atoms with van der Waals surface area (Å²) in [4.78, 5) is 36.8. The molecule has 5 atom stereocenters. The van der Waals surface area contributed by atoms with Crippen molar-refractivity contribution in [3.05, 3.63) is 0 Å². The van der Waals surface area contributed by atoms with Gasteiger partial charge in [0.05, 0.1) is 30.5 Å². The zero-order valence-corrected chi connectivity index (χ0v) is 25.5. The zero-order chi connectivity index (χ0) is 28.4. The first-order valence-corrected chi connectivity index (χ1v) is 15.7. The number of hydrogen-bond acceptors (Lipinski definition) is 6. The van der Waals surface area contributed by atoms with Crippen molar-refractivity contribution in [3.8, 4) is 0 Å². The number of rotatable bonds is 7. The molecule has 0 radical (unpaired) electrons. The molecule has 43 heavy (non-hydrogen) atoms. The fourth-order valence-electron chi connectivity index (χ4n) is 10.3. The second-order valence-electron chi connectivity index (χ2n) is 15.7. The molecule has 6 nitrogen and oxygen atoms in total. The van der Waals surface area contributed by atoms with E-state index in [9.17, 15) is 14.4 Å². The third-order valence-corrected chi connectivity index (χ3v) is 12.3. The van der Waals surface area contributed by atoms with Crippen LogP contribution in [0.3, 0.4) is 0 Å². The highest BCUT2D eigenvalue weighted by atomic mass is 16.6. The van der Waals surface area contributed by atoms with Crippen LogP contribution >= 0.6 is 0 Å². The van der Waals surface area contributed by atoms with Crippen LogP contribution in [0.5, 0.6) is 0 Å². The van der Waals surface area contributed by atoms with E-state index in [2.05, 4.69) is 13.8 Å². The second kappa shape index (κ2) is 13.8. The third-order valence-electron chi connectivity index (χ3n) is 12.3. The summed E-state index contributed by atoms with van der Waals surface area (Å²) < 4.78 is 16.4. The molecular weight excluding hydrogens is 540 g/mol. The van der Waals surface area contributed by atoms with E-state index in [1.807, 2.05) is 27.7 Å². The Bertz CT molecular complexity index is 946. The fraction of sp³-hybridized carbons (Fsp3) is 0.919. The molecule has 6 bridgehead atoms. The van der Waals surface area contributed by atoms with Crippen LogP contribution in [0.4, 0.5) is 0 Å². The Hall–Kier alpha value is -1.59. The molecule has 0 aromatic carbocycles. The summed E-state index contributed by atoms with van der Waals surface area (Å²) in [5.41, 5.74) is -1.75. The lowest BCUT2D eigenvalue weighted by Crippen LogP contribution is -2.58. The maximum atomic E-state index is 13.3. The molecule has 0 aromatic heterocycles. The smallest absolute Gasteiger partial charge is 0.312 e.